The number of benzene rings is 1. The third kappa shape index (κ3) is 5.22. The van der Waals surface area contributed by atoms with Crippen molar-refractivity contribution < 1.29 is 27.6 Å². The first-order valence-electron chi connectivity index (χ1n) is 8.83. The Morgan fingerprint density at radius 3 is 1.93 bits per heavy atom. The molecule has 0 aromatic heterocycles. The van der Waals surface area contributed by atoms with Crippen LogP contribution in [0.5, 0.6) is 0 Å². The Labute approximate surface area is 160 Å². The van der Waals surface area contributed by atoms with Gasteiger partial charge in [0.1, 0.15) is 5.82 Å². The fraction of sp³-hybridized carbons (Fsp3) is 0.500. The summed E-state index contributed by atoms with van der Waals surface area (Å²) in [4.78, 5) is 37.4. The molecule has 0 unspecified atom stereocenters. The fourth-order valence-electron chi connectivity index (χ4n) is 3.12. The molecule has 1 fully saturated rings. The molecule has 0 bridgehead atoms. The maximum atomic E-state index is 13.7. The second-order valence-electron chi connectivity index (χ2n) is 6.69. The average Bonchev–Trinajstić information content (AvgIpc) is 2.82. The van der Waals surface area contributed by atoms with Gasteiger partial charge in [-0.25, -0.2) is 23.2 Å². The van der Waals surface area contributed by atoms with Crippen LogP contribution in [-0.2, 0) is 20.8 Å². The Bertz CT molecular complexity index is 751. The van der Waals surface area contributed by atoms with Gasteiger partial charge in [-0.15, -0.1) is 0 Å². The molecule has 2 N–H and O–H groups in total. The Morgan fingerprint density at radius 2 is 1.43 bits per heavy atom. The Balaban J connectivity index is 1.99. The van der Waals surface area contributed by atoms with Crippen LogP contribution in [0.2, 0.25) is 0 Å². The predicted molar refractivity (Wildman–Crippen MR) is 94.0 cm³/mol. The lowest BCUT2D eigenvalue weighted by molar-refractivity contribution is -0.159. The van der Waals surface area contributed by atoms with Crippen molar-refractivity contribution in [3.63, 3.8) is 0 Å². The average molecular weight is 400 g/mol. The van der Waals surface area contributed by atoms with Gasteiger partial charge in [0, 0.05) is 45.5 Å². The summed E-state index contributed by atoms with van der Waals surface area (Å²) in [5.41, 5.74) is 5.79. The van der Waals surface area contributed by atoms with Crippen molar-refractivity contribution in [2.75, 3.05) is 26.2 Å². The van der Waals surface area contributed by atoms with Gasteiger partial charge >= 0.3 is 0 Å². The zero-order valence-corrected chi connectivity index (χ0v) is 15.8. The molecule has 10 heteroatoms. The molecule has 1 aliphatic rings. The van der Waals surface area contributed by atoms with Crippen molar-refractivity contribution in [2.45, 2.75) is 32.7 Å². The summed E-state index contributed by atoms with van der Waals surface area (Å²) in [7, 11) is 0. The van der Waals surface area contributed by atoms with Crippen LogP contribution in [0.25, 0.3) is 0 Å². The van der Waals surface area contributed by atoms with E-state index in [4.69, 9.17) is 5.73 Å². The van der Waals surface area contributed by atoms with Crippen molar-refractivity contribution in [2.24, 2.45) is 5.73 Å². The zero-order valence-electron chi connectivity index (χ0n) is 15.8. The summed E-state index contributed by atoms with van der Waals surface area (Å²) in [6.07, 6.45) is -0.277. The number of carbonyl (C=O) groups is 3. The van der Waals surface area contributed by atoms with Gasteiger partial charge in [0.2, 0.25) is 17.7 Å². The number of hydrogen-bond acceptors (Lipinski definition) is 4. The minimum Gasteiger partial charge on any atom is -0.339 e. The number of halogens is 3. The number of nitrogens with zero attached hydrogens (tertiary/aromatic N) is 3. The van der Waals surface area contributed by atoms with Crippen LogP contribution in [0.1, 0.15) is 25.8 Å². The van der Waals surface area contributed by atoms with Crippen molar-refractivity contribution in [3.8, 4) is 0 Å². The highest BCUT2D eigenvalue weighted by atomic mass is 19.2. The van der Waals surface area contributed by atoms with Crippen LogP contribution in [0, 0.1) is 17.5 Å². The number of amides is 3. The molecule has 0 saturated carbocycles. The summed E-state index contributed by atoms with van der Waals surface area (Å²) in [5.74, 6) is -4.35. The van der Waals surface area contributed by atoms with Crippen LogP contribution >= 0.6 is 0 Å². The molecular weight excluding hydrogens is 377 g/mol. The number of rotatable bonds is 4. The molecule has 1 atom stereocenters. The van der Waals surface area contributed by atoms with E-state index >= 15 is 0 Å². The zero-order chi connectivity index (χ0) is 21.0. The van der Waals surface area contributed by atoms with Crippen molar-refractivity contribution in [1.29, 1.82) is 0 Å². The Morgan fingerprint density at radius 1 is 0.929 bits per heavy atom. The van der Waals surface area contributed by atoms with E-state index in [0.29, 0.717) is 6.07 Å². The topological polar surface area (TPSA) is 86.9 Å². The van der Waals surface area contributed by atoms with Crippen LogP contribution in [0.15, 0.2) is 12.1 Å². The monoisotopic (exact) mass is 400 g/mol. The van der Waals surface area contributed by atoms with Gasteiger partial charge in [-0.3, -0.25) is 14.4 Å². The van der Waals surface area contributed by atoms with E-state index in [-0.39, 0.29) is 62.3 Å². The molecule has 1 aromatic rings. The Kier molecular flexibility index (Phi) is 7.00. The standard InChI is InChI=1S/C18H23F3N4O3/c1-11(26)24-5-3-23(4-6-25(24)12(2)27)18(28)9-14(22)7-13-8-16(20)17(21)10-15(13)19/h8,10,14H,3-7,9,22H2,1-2H3/t14-/m1/s1. The number of hydrazine groups is 1. The number of carbonyl (C=O) groups excluding carboxylic acids is 3. The summed E-state index contributed by atoms with van der Waals surface area (Å²) >= 11 is 0. The minimum absolute atomic E-state index is 0.111. The van der Waals surface area contributed by atoms with Gasteiger partial charge in [0.15, 0.2) is 11.6 Å². The molecule has 1 saturated heterocycles. The van der Waals surface area contributed by atoms with Crippen molar-refractivity contribution >= 4 is 17.7 Å². The molecule has 0 aliphatic carbocycles. The highest BCUT2D eigenvalue weighted by molar-refractivity contribution is 5.80. The van der Waals surface area contributed by atoms with Crippen molar-refractivity contribution in [1.82, 2.24) is 14.9 Å². The molecule has 1 aromatic carbocycles. The third-order valence-electron chi connectivity index (χ3n) is 4.54. The van der Waals surface area contributed by atoms with Gasteiger partial charge in [-0.2, -0.15) is 0 Å². The second kappa shape index (κ2) is 9.05. The molecule has 154 valence electrons. The van der Waals surface area contributed by atoms with E-state index in [9.17, 15) is 27.6 Å². The highest BCUT2D eigenvalue weighted by Gasteiger charge is 2.28. The first-order chi connectivity index (χ1) is 13.1. The Hall–Kier alpha value is -2.62. The van der Waals surface area contributed by atoms with E-state index in [1.54, 1.807) is 0 Å². The largest absolute Gasteiger partial charge is 0.339 e. The SMILES string of the molecule is CC(=O)N1CCN(C(=O)C[C@H](N)Cc2cc(F)c(F)cc2F)CCN1C(C)=O. The molecule has 3 amide bonds. The van der Waals surface area contributed by atoms with Crippen molar-refractivity contribution in [3.05, 3.63) is 35.1 Å². The third-order valence-corrected chi connectivity index (χ3v) is 4.54. The van der Waals surface area contributed by atoms with Gasteiger partial charge in [0.05, 0.1) is 13.1 Å². The van der Waals surface area contributed by atoms with Gasteiger partial charge in [-0.1, -0.05) is 0 Å². The quantitative estimate of drug-likeness (QED) is 0.758. The molecule has 7 nitrogen and oxygen atoms in total. The van der Waals surface area contributed by atoms with Crippen LogP contribution in [-0.4, -0.2) is 64.9 Å². The molecule has 1 aliphatic heterocycles. The summed E-state index contributed by atoms with van der Waals surface area (Å²) < 4.78 is 40.0. The summed E-state index contributed by atoms with van der Waals surface area (Å²) in [5, 5.41) is 2.57. The van der Waals surface area contributed by atoms with E-state index in [0.717, 1.165) is 6.07 Å². The summed E-state index contributed by atoms with van der Waals surface area (Å²) in [6, 6.07) is 0.375. The molecule has 1 heterocycles. The lowest BCUT2D eigenvalue weighted by atomic mass is 10.0. The predicted octanol–water partition coefficient (Wildman–Crippen LogP) is 0.818. The van der Waals surface area contributed by atoms with E-state index in [2.05, 4.69) is 0 Å². The lowest BCUT2D eigenvalue weighted by Gasteiger charge is -2.30. The van der Waals surface area contributed by atoms with Gasteiger partial charge in [0.25, 0.3) is 0 Å². The van der Waals surface area contributed by atoms with E-state index in [1.165, 1.54) is 28.8 Å². The summed E-state index contributed by atoms with van der Waals surface area (Å²) in [6.45, 7) is 3.42. The number of nitrogens with two attached hydrogens (primary N) is 1. The molecular formula is C18H23F3N4O3. The highest BCUT2D eigenvalue weighted by Crippen LogP contribution is 2.16. The molecule has 0 radical (unpaired) electrons. The normalized spacial score (nSPS) is 16.0. The lowest BCUT2D eigenvalue weighted by Crippen LogP contribution is -2.48. The molecule has 28 heavy (non-hydrogen) atoms. The maximum absolute atomic E-state index is 13.7. The first kappa shape index (κ1) is 21.7. The van der Waals surface area contributed by atoms with E-state index in [1.807, 2.05) is 0 Å². The number of hydrogen-bond donors (Lipinski definition) is 1. The fourth-order valence-corrected chi connectivity index (χ4v) is 3.12. The smallest absolute Gasteiger partial charge is 0.238 e. The minimum atomic E-state index is -1.29. The second-order valence-corrected chi connectivity index (χ2v) is 6.69. The van der Waals surface area contributed by atoms with Crippen LogP contribution < -0.4 is 5.73 Å². The van der Waals surface area contributed by atoms with E-state index < -0.39 is 23.5 Å². The van der Waals surface area contributed by atoms with Gasteiger partial charge < -0.3 is 10.6 Å². The first-order valence-corrected chi connectivity index (χ1v) is 8.83. The van der Waals surface area contributed by atoms with Crippen LogP contribution in [0.4, 0.5) is 13.2 Å². The molecule has 0 spiro atoms. The van der Waals surface area contributed by atoms with Gasteiger partial charge in [-0.05, 0) is 18.1 Å². The maximum Gasteiger partial charge on any atom is 0.238 e. The van der Waals surface area contributed by atoms with Crippen LogP contribution in [0.3, 0.4) is 0 Å². The molecule has 2 rings (SSSR count).